The second kappa shape index (κ2) is 5.14. The van der Waals surface area contributed by atoms with Crippen molar-refractivity contribution in [2.45, 2.75) is 32.7 Å². The van der Waals surface area contributed by atoms with E-state index >= 15 is 0 Å². The number of hydrogen-bond donors (Lipinski definition) is 1. The Balaban J connectivity index is 2.46. The molecule has 0 heterocycles. The van der Waals surface area contributed by atoms with Crippen LogP contribution in [0.5, 0.6) is 0 Å². The van der Waals surface area contributed by atoms with E-state index < -0.39 is 10.0 Å². The van der Waals surface area contributed by atoms with Crippen LogP contribution in [-0.4, -0.2) is 44.0 Å². The van der Waals surface area contributed by atoms with E-state index in [0.717, 1.165) is 19.1 Å². The first-order valence-electron chi connectivity index (χ1n) is 5.54. The van der Waals surface area contributed by atoms with Crippen LogP contribution in [0.4, 0.5) is 0 Å². The summed E-state index contributed by atoms with van der Waals surface area (Å²) in [5, 5.41) is 2.72. The minimum absolute atomic E-state index is 0.0415. The van der Waals surface area contributed by atoms with Gasteiger partial charge < -0.3 is 5.32 Å². The molecule has 0 atom stereocenters. The third-order valence-electron chi connectivity index (χ3n) is 2.39. The molecule has 0 aromatic carbocycles. The van der Waals surface area contributed by atoms with Crippen LogP contribution in [0.15, 0.2) is 0 Å². The molecule has 1 fully saturated rings. The Hall–Kier alpha value is -0.620. The molecule has 1 aliphatic rings. The molecule has 0 radical (unpaired) electrons. The molecule has 0 unspecified atom stereocenters. The van der Waals surface area contributed by atoms with Gasteiger partial charge in [0.15, 0.2) is 0 Å². The molecular weight excluding hydrogens is 228 g/mol. The first-order chi connectivity index (χ1) is 7.30. The SMILES string of the molecule is CC(C)CNC(=O)CN(C1CC1)S(C)(=O)=O. The maximum Gasteiger partial charge on any atom is 0.235 e. The number of hydrogen-bond acceptors (Lipinski definition) is 3. The molecule has 16 heavy (non-hydrogen) atoms. The lowest BCUT2D eigenvalue weighted by Gasteiger charge is -2.19. The van der Waals surface area contributed by atoms with E-state index in [4.69, 9.17) is 0 Å². The summed E-state index contributed by atoms with van der Waals surface area (Å²) in [4.78, 5) is 11.5. The van der Waals surface area contributed by atoms with Crippen LogP contribution in [0.3, 0.4) is 0 Å². The van der Waals surface area contributed by atoms with Crippen molar-refractivity contribution in [2.24, 2.45) is 5.92 Å². The topological polar surface area (TPSA) is 66.5 Å². The lowest BCUT2D eigenvalue weighted by Crippen LogP contribution is -2.42. The molecule has 5 nitrogen and oxygen atoms in total. The number of sulfonamides is 1. The molecule has 1 amide bonds. The van der Waals surface area contributed by atoms with Crippen molar-refractivity contribution >= 4 is 15.9 Å². The zero-order chi connectivity index (χ0) is 12.3. The van der Waals surface area contributed by atoms with Crippen molar-refractivity contribution in [3.05, 3.63) is 0 Å². The smallest absolute Gasteiger partial charge is 0.235 e. The Kier molecular flexibility index (Phi) is 4.32. The number of nitrogens with zero attached hydrogens (tertiary/aromatic N) is 1. The lowest BCUT2D eigenvalue weighted by molar-refractivity contribution is -0.121. The Bertz CT molecular complexity index is 347. The van der Waals surface area contributed by atoms with E-state index in [1.807, 2.05) is 13.8 Å². The normalized spacial score (nSPS) is 16.8. The van der Waals surface area contributed by atoms with Gasteiger partial charge in [0.25, 0.3) is 0 Å². The van der Waals surface area contributed by atoms with Gasteiger partial charge in [0, 0.05) is 12.6 Å². The van der Waals surface area contributed by atoms with E-state index in [2.05, 4.69) is 5.32 Å². The van der Waals surface area contributed by atoms with Crippen molar-refractivity contribution in [2.75, 3.05) is 19.3 Å². The Labute approximate surface area is 97.2 Å². The number of rotatable bonds is 6. The standard InChI is InChI=1S/C10H20N2O3S/c1-8(2)6-11-10(13)7-12(9-4-5-9)16(3,14)15/h8-9H,4-7H2,1-3H3,(H,11,13). The highest BCUT2D eigenvalue weighted by Crippen LogP contribution is 2.28. The van der Waals surface area contributed by atoms with Gasteiger partial charge in [-0.3, -0.25) is 4.79 Å². The van der Waals surface area contributed by atoms with Gasteiger partial charge >= 0.3 is 0 Å². The number of carbonyl (C=O) groups excluding carboxylic acids is 1. The zero-order valence-corrected chi connectivity index (χ0v) is 10.9. The quantitative estimate of drug-likeness (QED) is 0.729. The summed E-state index contributed by atoms with van der Waals surface area (Å²) in [5.74, 6) is 0.155. The predicted molar refractivity (Wildman–Crippen MR) is 62.4 cm³/mol. The molecule has 1 saturated carbocycles. The van der Waals surface area contributed by atoms with Gasteiger partial charge in [0.2, 0.25) is 15.9 Å². The van der Waals surface area contributed by atoms with Gasteiger partial charge in [-0.05, 0) is 18.8 Å². The van der Waals surface area contributed by atoms with E-state index in [1.54, 1.807) is 0 Å². The summed E-state index contributed by atoms with van der Waals surface area (Å²) in [6.45, 7) is 4.53. The number of carbonyl (C=O) groups is 1. The summed E-state index contributed by atoms with van der Waals surface area (Å²) in [6, 6.07) is 0.0415. The van der Waals surface area contributed by atoms with E-state index in [1.165, 1.54) is 4.31 Å². The minimum atomic E-state index is -3.26. The molecule has 1 N–H and O–H groups in total. The molecule has 0 aromatic heterocycles. The van der Waals surface area contributed by atoms with Crippen molar-refractivity contribution < 1.29 is 13.2 Å². The average molecular weight is 248 g/mol. The summed E-state index contributed by atoms with van der Waals surface area (Å²) in [7, 11) is -3.26. The lowest BCUT2D eigenvalue weighted by atomic mass is 10.2. The molecule has 0 spiro atoms. The number of nitrogens with one attached hydrogen (secondary N) is 1. The highest BCUT2D eigenvalue weighted by Gasteiger charge is 2.36. The van der Waals surface area contributed by atoms with Crippen LogP contribution in [0.25, 0.3) is 0 Å². The molecular formula is C10H20N2O3S. The first-order valence-corrected chi connectivity index (χ1v) is 7.39. The third kappa shape index (κ3) is 4.49. The van der Waals surface area contributed by atoms with E-state index in [0.29, 0.717) is 12.5 Å². The van der Waals surface area contributed by atoms with E-state index in [-0.39, 0.29) is 18.5 Å². The summed E-state index contributed by atoms with van der Waals surface area (Å²) >= 11 is 0. The zero-order valence-electron chi connectivity index (χ0n) is 10.1. The summed E-state index contributed by atoms with van der Waals surface area (Å²) in [5.41, 5.74) is 0. The molecule has 1 aliphatic carbocycles. The second-order valence-corrected chi connectivity index (χ2v) is 6.67. The fourth-order valence-electron chi connectivity index (χ4n) is 1.40. The van der Waals surface area contributed by atoms with Gasteiger partial charge in [-0.2, -0.15) is 4.31 Å². The van der Waals surface area contributed by atoms with Gasteiger partial charge in [-0.1, -0.05) is 13.8 Å². The van der Waals surface area contributed by atoms with Crippen molar-refractivity contribution in [3.8, 4) is 0 Å². The average Bonchev–Trinajstić information content (AvgIpc) is 2.92. The molecule has 0 bridgehead atoms. The van der Waals surface area contributed by atoms with Crippen LogP contribution >= 0.6 is 0 Å². The fraction of sp³-hybridized carbons (Fsp3) is 0.900. The molecule has 0 aromatic rings. The molecule has 6 heteroatoms. The molecule has 1 rings (SSSR count). The molecule has 0 aliphatic heterocycles. The summed E-state index contributed by atoms with van der Waals surface area (Å²) < 4.78 is 24.2. The first kappa shape index (κ1) is 13.4. The van der Waals surface area contributed by atoms with Crippen LogP contribution in [0.1, 0.15) is 26.7 Å². The largest absolute Gasteiger partial charge is 0.355 e. The summed E-state index contributed by atoms with van der Waals surface area (Å²) in [6.07, 6.45) is 2.89. The van der Waals surface area contributed by atoms with Crippen molar-refractivity contribution in [1.29, 1.82) is 0 Å². The van der Waals surface area contributed by atoms with Gasteiger partial charge in [-0.25, -0.2) is 8.42 Å². The van der Waals surface area contributed by atoms with Gasteiger partial charge in [0.1, 0.15) is 0 Å². The fourth-order valence-corrected chi connectivity index (χ4v) is 2.50. The highest BCUT2D eigenvalue weighted by molar-refractivity contribution is 7.88. The monoisotopic (exact) mass is 248 g/mol. The van der Waals surface area contributed by atoms with Crippen LogP contribution in [0.2, 0.25) is 0 Å². The van der Waals surface area contributed by atoms with Crippen molar-refractivity contribution in [1.82, 2.24) is 9.62 Å². The van der Waals surface area contributed by atoms with Crippen molar-refractivity contribution in [3.63, 3.8) is 0 Å². The Morgan fingerprint density at radius 2 is 2.00 bits per heavy atom. The third-order valence-corrected chi connectivity index (χ3v) is 3.67. The predicted octanol–water partition coefficient (Wildman–Crippen LogP) is 0.183. The maximum absolute atomic E-state index is 11.5. The maximum atomic E-state index is 11.5. The van der Waals surface area contributed by atoms with Gasteiger partial charge in [0.05, 0.1) is 12.8 Å². The highest BCUT2D eigenvalue weighted by atomic mass is 32.2. The molecule has 0 saturated heterocycles. The van der Waals surface area contributed by atoms with Crippen LogP contribution in [0, 0.1) is 5.92 Å². The van der Waals surface area contributed by atoms with Crippen LogP contribution < -0.4 is 5.32 Å². The van der Waals surface area contributed by atoms with Gasteiger partial charge in [-0.15, -0.1) is 0 Å². The molecule has 94 valence electrons. The Morgan fingerprint density at radius 1 is 1.44 bits per heavy atom. The number of amides is 1. The Morgan fingerprint density at radius 3 is 2.38 bits per heavy atom. The van der Waals surface area contributed by atoms with E-state index in [9.17, 15) is 13.2 Å². The van der Waals surface area contributed by atoms with Crippen LogP contribution in [-0.2, 0) is 14.8 Å². The minimum Gasteiger partial charge on any atom is -0.355 e. The second-order valence-electron chi connectivity index (χ2n) is 4.74.